The zero-order chi connectivity index (χ0) is 14.4. The zero-order valence-corrected chi connectivity index (χ0v) is 11.9. The highest BCUT2D eigenvalue weighted by atomic mass is 16.3. The van der Waals surface area contributed by atoms with Crippen LogP contribution in [0.3, 0.4) is 0 Å². The number of piperidine rings is 1. The summed E-state index contributed by atoms with van der Waals surface area (Å²) in [5, 5.41) is 10.1. The first-order valence-electron chi connectivity index (χ1n) is 7.39. The number of aliphatic hydroxyl groups is 1. The average Bonchev–Trinajstić information content (AvgIpc) is 2.47. The minimum Gasteiger partial charge on any atom is -0.392 e. The van der Waals surface area contributed by atoms with Crippen LogP contribution in [0.5, 0.6) is 0 Å². The van der Waals surface area contributed by atoms with E-state index in [0.717, 1.165) is 38.8 Å². The minimum atomic E-state index is -0.305. The minimum absolute atomic E-state index is 0.0210. The third-order valence-electron chi connectivity index (χ3n) is 4.07. The van der Waals surface area contributed by atoms with Gasteiger partial charge in [0.05, 0.1) is 6.10 Å². The number of aryl methyl sites for hydroxylation is 1. The molecule has 1 aromatic carbocycles. The summed E-state index contributed by atoms with van der Waals surface area (Å²) >= 11 is 0. The van der Waals surface area contributed by atoms with Crippen LogP contribution >= 0.6 is 0 Å². The van der Waals surface area contributed by atoms with E-state index in [0.29, 0.717) is 6.54 Å². The summed E-state index contributed by atoms with van der Waals surface area (Å²) in [6.07, 6.45) is 3.02. The van der Waals surface area contributed by atoms with E-state index in [1.165, 1.54) is 5.56 Å². The van der Waals surface area contributed by atoms with E-state index in [-0.39, 0.29) is 17.9 Å². The SMILES string of the molecule is NC(=O)C1CCN(C[C@H](O)CCc2ccccc2)CC1. The third kappa shape index (κ3) is 4.62. The molecule has 1 aliphatic rings. The smallest absolute Gasteiger partial charge is 0.220 e. The lowest BCUT2D eigenvalue weighted by Crippen LogP contribution is -2.41. The van der Waals surface area contributed by atoms with Crippen LogP contribution in [-0.2, 0) is 11.2 Å². The third-order valence-corrected chi connectivity index (χ3v) is 4.07. The highest BCUT2D eigenvalue weighted by Crippen LogP contribution is 2.17. The molecule has 3 N–H and O–H groups in total. The fourth-order valence-electron chi connectivity index (χ4n) is 2.77. The molecule has 1 amide bonds. The molecule has 0 spiro atoms. The van der Waals surface area contributed by atoms with Gasteiger partial charge in [-0.05, 0) is 44.3 Å². The molecule has 1 heterocycles. The van der Waals surface area contributed by atoms with Gasteiger partial charge in [0.15, 0.2) is 0 Å². The second kappa shape index (κ2) is 7.41. The van der Waals surface area contributed by atoms with Crippen LogP contribution in [0.1, 0.15) is 24.8 Å². The number of carbonyl (C=O) groups excluding carboxylic acids is 1. The van der Waals surface area contributed by atoms with Crippen molar-refractivity contribution in [1.29, 1.82) is 0 Å². The standard InChI is InChI=1S/C16H24N2O2/c17-16(20)14-8-10-18(11-9-14)12-15(19)7-6-13-4-2-1-3-5-13/h1-5,14-15,19H,6-12H2,(H2,17,20)/t15-/m1/s1. The number of hydrogen-bond donors (Lipinski definition) is 2. The Hall–Kier alpha value is -1.39. The van der Waals surface area contributed by atoms with Gasteiger partial charge in [-0.2, -0.15) is 0 Å². The highest BCUT2D eigenvalue weighted by molar-refractivity contribution is 5.76. The molecule has 20 heavy (non-hydrogen) atoms. The van der Waals surface area contributed by atoms with E-state index in [4.69, 9.17) is 5.73 Å². The van der Waals surface area contributed by atoms with Crippen LogP contribution in [0, 0.1) is 5.92 Å². The molecule has 4 nitrogen and oxygen atoms in total. The monoisotopic (exact) mass is 276 g/mol. The number of nitrogens with zero attached hydrogens (tertiary/aromatic N) is 1. The lowest BCUT2D eigenvalue weighted by atomic mass is 9.96. The Morgan fingerprint density at radius 3 is 2.55 bits per heavy atom. The number of nitrogens with two attached hydrogens (primary N) is 1. The molecule has 1 aromatic rings. The van der Waals surface area contributed by atoms with Crippen molar-refractivity contribution in [1.82, 2.24) is 4.90 Å². The largest absolute Gasteiger partial charge is 0.392 e. The zero-order valence-electron chi connectivity index (χ0n) is 11.9. The first-order valence-corrected chi connectivity index (χ1v) is 7.39. The molecule has 1 aliphatic heterocycles. The molecule has 0 saturated carbocycles. The van der Waals surface area contributed by atoms with Crippen molar-refractivity contribution in [3.63, 3.8) is 0 Å². The first kappa shape index (κ1) is 15.0. The number of rotatable bonds is 6. The Bertz CT molecular complexity index is 414. The Morgan fingerprint density at radius 1 is 1.30 bits per heavy atom. The van der Waals surface area contributed by atoms with Crippen molar-refractivity contribution in [2.24, 2.45) is 11.7 Å². The Morgan fingerprint density at radius 2 is 1.95 bits per heavy atom. The number of hydrogen-bond acceptors (Lipinski definition) is 3. The average molecular weight is 276 g/mol. The Balaban J connectivity index is 1.68. The predicted octanol–water partition coefficient (Wildman–Crippen LogP) is 1.18. The van der Waals surface area contributed by atoms with Crippen molar-refractivity contribution in [2.45, 2.75) is 31.8 Å². The van der Waals surface area contributed by atoms with Gasteiger partial charge in [-0.15, -0.1) is 0 Å². The lowest BCUT2D eigenvalue weighted by Gasteiger charge is -2.31. The highest BCUT2D eigenvalue weighted by Gasteiger charge is 2.24. The van der Waals surface area contributed by atoms with Crippen LogP contribution in [0.25, 0.3) is 0 Å². The molecule has 1 saturated heterocycles. The summed E-state index contributed by atoms with van der Waals surface area (Å²) in [6.45, 7) is 2.41. The number of benzene rings is 1. The normalized spacial score (nSPS) is 18.9. The predicted molar refractivity (Wildman–Crippen MR) is 79.1 cm³/mol. The number of likely N-dealkylation sites (tertiary alicyclic amines) is 1. The van der Waals surface area contributed by atoms with Crippen LogP contribution in [0.2, 0.25) is 0 Å². The molecule has 0 unspecified atom stereocenters. The molecular formula is C16H24N2O2. The van der Waals surface area contributed by atoms with Gasteiger partial charge in [-0.1, -0.05) is 30.3 Å². The molecule has 2 rings (SSSR count). The number of aliphatic hydroxyl groups excluding tert-OH is 1. The quantitative estimate of drug-likeness (QED) is 0.820. The van der Waals surface area contributed by atoms with Gasteiger partial charge in [0.1, 0.15) is 0 Å². The van der Waals surface area contributed by atoms with E-state index in [1.54, 1.807) is 0 Å². The number of β-amino-alcohol motifs (C(OH)–C–C–N with tert-alkyl or cyclic N) is 1. The molecule has 0 aromatic heterocycles. The molecule has 1 atom stereocenters. The first-order chi connectivity index (χ1) is 9.65. The molecule has 110 valence electrons. The maximum absolute atomic E-state index is 11.1. The van der Waals surface area contributed by atoms with E-state index in [1.807, 2.05) is 18.2 Å². The molecule has 4 heteroatoms. The fraction of sp³-hybridized carbons (Fsp3) is 0.562. The van der Waals surface area contributed by atoms with Gasteiger partial charge in [0, 0.05) is 12.5 Å². The van der Waals surface area contributed by atoms with Crippen molar-refractivity contribution in [3.05, 3.63) is 35.9 Å². The maximum atomic E-state index is 11.1. The van der Waals surface area contributed by atoms with Crippen LogP contribution in [0.15, 0.2) is 30.3 Å². The van der Waals surface area contributed by atoms with Gasteiger partial charge in [0.2, 0.25) is 5.91 Å². The van der Waals surface area contributed by atoms with Crippen molar-refractivity contribution >= 4 is 5.91 Å². The summed E-state index contributed by atoms with van der Waals surface area (Å²) in [4.78, 5) is 13.3. The van der Waals surface area contributed by atoms with Gasteiger partial charge >= 0.3 is 0 Å². The molecule has 0 aliphatic carbocycles. The fourth-order valence-corrected chi connectivity index (χ4v) is 2.77. The second-order valence-corrected chi connectivity index (χ2v) is 5.66. The molecule has 0 radical (unpaired) electrons. The van der Waals surface area contributed by atoms with E-state index in [2.05, 4.69) is 17.0 Å². The second-order valence-electron chi connectivity index (χ2n) is 5.66. The summed E-state index contributed by atoms with van der Waals surface area (Å²) < 4.78 is 0. The van der Waals surface area contributed by atoms with Gasteiger partial charge in [0.25, 0.3) is 0 Å². The van der Waals surface area contributed by atoms with Gasteiger partial charge in [-0.3, -0.25) is 4.79 Å². The Kier molecular flexibility index (Phi) is 5.56. The van der Waals surface area contributed by atoms with Gasteiger partial charge in [-0.25, -0.2) is 0 Å². The van der Waals surface area contributed by atoms with Crippen LogP contribution in [0.4, 0.5) is 0 Å². The van der Waals surface area contributed by atoms with Gasteiger partial charge < -0.3 is 15.7 Å². The topological polar surface area (TPSA) is 66.6 Å². The number of amides is 1. The Labute approximate surface area is 120 Å². The van der Waals surface area contributed by atoms with E-state index < -0.39 is 0 Å². The van der Waals surface area contributed by atoms with E-state index >= 15 is 0 Å². The lowest BCUT2D eigenvalue weighted by molar-refractivity contribution is -0.123. The van der Waals surface area contributed by atoms with E-state index in [9.17, 15) is 9.90 Å². The van der Waals surface area contributed by atoms with Crippen molar-refractivity contribution in [2.75, 3.05) is 19.6 Å². The van der Waals surface area contributed by atoms with Crippen LogP contribution in [-0.4, -0.2) is 41.7 Å². The molecule has 0 bridgehead atoms. The molecular weight excluding hydrogens is 252 g/mol. The number of primary amides is 1. The van der Waals surface area contributed by atoms with Crippen molar-refractivity contribution < 1.29 is 9.90 Å². The summed E-state index contributed by atoms with van der Waals surface area (Å²) in [5.74, 6) is -0.165. The summed E-state index contributed by atoms with van der Waals surface area (Å²) in [5.41, 5.74) is 6.58. The maximum Gasteiger partial charge on any atom is 0.220 e. The van der Waals surface area contributed by atoms with Crippen LogP contribution < -0.4 is 5.73 Å². The number of carbonyl (C=O) groups is 1. The summed E-state index contributed by atoms with van der Waals surface area (Å²) in [7, 11) is 0. The molecule has 1 fully saturated rings. The summed E-state index contributed by atoms with van der Waals surface area (Å²) in [6, 6.07) is 10.2. The van der Waals surface area contributed by atoms with Crippen molar-refractivity contribution in [3.8, 4) is 0 Å².